The number of nitrogens with zero attached hydrogens (tertiary/aromatic N) is 1. The van der Waals surface area contributed by atoms with Gasteiger partial charge in [-0.1, -0.05) is 11.6 Å². The predicted molar refractivity (Wildman–Crippen MR) is 107 cm³/mol. The van der Waals surface area contributed by atoms with Gasteiger partial charge in [0, 0.05) is 24.0 Å². The van der Waals surface area contributed by atoms with Crippen LogP contribution in [0, 0.1) is 0 Å². The molecule has 0 bridgehead atoms. The Morgan fingerprint density at radius 2 is 2.04 bits per heavy atom. The lowest BCUT2D eigenvalue weighted by Crippen LogP contribution is -2.35. The van der Waals surface area contributed by atoms with Gasteiger partial charge in [0.1, 0.15) is 5.00 Å². The number of fused-ring (bicyclic) bond motifs is 1. The van der Waals surface area contributed by atoms with Gasteiger partial charge < -0.3 is 11.1 Å². The van der Waals surface area contributed by atoms with Crippen LogP contribution >= 0.6 is 46.7 Å². The first-order valence-corrected chi connectivity index (χ1v) is 9.63. The molecule has 5 nitrogen and oxygen atoms in total. The molecule has 0 aromatic carbocycles. The standard InChI is InChI=1S/C16H18ClN3O2S2.ClH/c1-8(2)20-6-5-9-11(7-20)24-16(13(9)14(18)21)19-15(22)10-3-4-12(17)23-10;/h3-4,8H,5-7H2,1-2H3,(H2,18,21)(H,19,22);1H. The summed E-state index contributed by atoms with van der Waals surface area (Å²) < 4.78 is 0.549. The van der Waals surface area contributed by atoms with Crippen molar-refractivity contribution in [2.75, 3.05) is 11.9 Å². The van der Waals surface area contributed by atoms with Crippen LogP contribution in [0.2, 0.25) is 4.34 Å². The minimum Gasteiger partial charge on any atom is -0.365 e. The zero-order valence-corrected chi connectivity index (χ0v) is 17.0. The molecule has 2 amide bonds. The molecule has 9 heteroatoms. The van der Waals surface area contributed by atoms with E-state index in [4.69, 9.17) is 17.3 Å². The predicted octanol–water partition coefficient (Wildman–Crippen LogP) is 4.00. The highest BCUT2D eigenvalue weighted by atomic mass is 35.5. The molecule has 0 atom stereocenters. The van der Waals surface area contributed by atoms with E-state index in [2.05, 4.69) is 24.1 Å². The molecule has 3 N–H and O–H groups in total. The van der Waals surface area contributed by atoms with Gasteiger partial charge >= 0.3 is 0 Å². The average molecular weight is 420 g/mol. The number of nitrogens with two attached hydrogens (primary N) is 1. The fraction of sp³-hybridized carbons (Fsp3) is 0.375. The van der Waals surface area contributed by atoms with Crippen LogP contribution < -0.4 is 11.1 Å². The number of carbonyl (C=O) groups excluding carboxylic acids is 2. The van der Waals surface area contributed by atoms with E-state index in [-0.39, 0.29) is 18.3 Å². The minimum atomic E-state index is -0.495. The second-order valence-electron chi connectivity index (χ2n) is 5.94. The molecule has 3 heterocycles. The third-order valence-electron chi connectivity index (χ3n) is 4.09. The van der Waals surface area contributed by atoms with Gasteiger partial charge in [0.05, 0.1) is 14.8 Å². The molecule has 1 aliphatic rings. The highest BCUT2D eigenvalue weighted by Crippen LogP contribution is 2.37. The van der Waals surface area contributed by atoms with Crippen LogP contribution in [0.3, 0.4) is 0 Å². The van der Waals surface area contributed by atoms with Crippen molar-refractivity contribution in [2.24, 2.45) is 5.73 Å². The first-order valence-electron chi connectivity index (χ1n) is 7.62. The summed E-state index contributed by atoms with van der Waals surface area (Å²) in [6, 6.07) is 3.78. The number of rotatable bonds is 4. The van der Waals surface area contributed by atoms with Crippen molar-refractivity contribution < 1.29 is 9.59 Å². The molecule has 0 saturated carbocycles. The van der Waals surface area contributed by atoms with Gasteiger partial charge in [-0.05, 0) is 38.0 Å². The van der Waals surface area contributed by atoms with E-state index in [9.17, 15) is 9.59 Å². The molecule has 3 rings (SSSR count). The maximum absolute atomic E-state index is 12.4. The van der Waals surface area contributed by atoms with Crippen molar-refractivity contribution in [2.45, 2.75) is 32.9 Å². The molecule has 0 saturated heterocycles. The Bertz CT molecular complexity index is 801. The molecular weight excluding hydrogens is 401 g/mol. The number of primary amides is 1. The van der Waals surface area contributed by atoms with Crippen molar-refractivity contribution >= 4 is 63.5 Å². The van der Waals surface area contributed by atoms with E-state index in [1.807, 2.05) is 0 Å². The van der Waals surface area contributed by atoms with Crippen LogP contribution in [0.1, 0.15) is 44.3 Å². The largest absolute Gasteiger partial charge is 0.365 e. The van der Waals surface area contributed by atoms with Crippen LogP contribution in [0.15, 0.2) is 12.1 Å². The summed E-state index contributed by atoms with van der Waals surface area (Å²) in [4.78, 5) is 28.3. The Labute approximate surface area is 165 Å². The lowest BCUT2D eigenvalue weighted by atomic mass is 10.0. The zero-order chi connectivity index (χ0) is 17.4. The Kier molecular flexibility index (Phi) is 6.51. The van der Waals surface area contributed by atoms with Crippen molar-refractivity contribution in [1.29, 1.82) is 0 Å². The molecule has 2 aromatic rings. The van der Waals surface area contributed by atoms with Crippen LogP contribution in [-0.4, -0.2) is 29.3 Å². The Morgan fingerprint density at radius 1 is 1.32 bits per heavy atom. The summed E-state index contributed by atoms with van der Waals surface area (Å²) in [7, 11) is 0. The first-order chi connectivity index (χ1) is 11.4. The lowest BCUT2D eigenvalue weighted by molar-refractivity contribution is 0.0999. The quantitative estimate of drug-likeness (QED) is 0.785. The summed E-state index contributed by atoms with van der Waals surface area (Å²) in [5.41, 5.74) is 7.01. The molecular formula is C16H19Cl2N3O2S2. The zero-order valence-electron chi connectivity index (χ0n) is 13.8. The maximum atomic E-state index is 12.4. The maximum Gasteiger partial charge on any atom is 0.266 e. The molecule has 136 valence electrons. The number of halogens is 2. The Morgan fingerprint density at radius 3 is 2.60 bits per heavy atom. The highest BCUT2D eigenvalue weighted by molar-refractivity contribution is 7.18. The first kappa shape index (κ1) is 20.2. The molecule has 0 fully saturated rings. The number of anilines is 1. The third kappa shape index (κ3) is 4.17. The topological polar surface area (TPSA) is 75.4 Å². The fourth-order valence-electron chi connectivity index (χ4n) is 2.81. The molecule has 0 spiro atoms. The van der Waals surface area contributed by atoms with Gasteiger partial charge in [0.25, 0.3) is 11.8 Å². The normalized spacial score (nSPS) is 14.1. The summed E-state index contributed by atoms with van der Waals surface area (Å²) in [6.45, 7) is 5.96. The number of amides is 2. The average Bonchev–Trinajstić information content (AvgIpc) is 3.09. The van der Waals surface area contributed by atoms with Gasteiger partial charge in [0.2, 0.25) is 0 Å². The Balaban J connectivity index is 0.00000225. The van der Waals surface area contributed by atoms with Gasteiger partial charge in [0.15, 0.2) is 0 Å². The van der Waals surface area contributed by atoms with Gasteiger partial charge in [-0.2, -0.15) is 0 Å². The highest BCUT2D eigenvalue weighted by Gasteiger charge is 2.28. The number of hydrogen-bond acceptors (Lipinski definition) is 5. The van der Waals surface area contributed by atoms with E-state index in [0.717, 1.165) is 30.0 Å². The van der Waals surface area contributed by atoms with Gasteiger partial charge in [-0.25, -0.2) is 0 Å². The van der Waals surface area contributed by atoms with E-state index in [1.165, 1.54) is 22.7 Å². The van der Waals surface area contributed by atoms with Crippen LogP contribution in [0.5, 0.6) is 0 Å². The fourth-order valence-corrected chi connectivity index (χ4v) is 5.03. The van der Waals surface area contributed by atoms with E-state index in [0.29, 0.717) is 25.8 Å². The van der Waals surface area contributed by atoms with Crippen molar-refractivity contribution in [3.05, 3.63) is 37.4 Å². The smallest absolute Gasteiger partial charge is 0.266 e. The molecule has 0 unspecified atom stereocenters. The SMILES string of the molecule is CC(C)N1CCc2c(sc(NC(=O)c3ccc(Cl)s3)c2C(N)=O)C1.Cl. The van der Waals surface area contributed by atoms with Crippen molar-refractivity contribution in [1.82, 2.24) is 4.90 Å². The number of carbonyl (C=O) groups is 2. The van der Waals surface area contributed by atoms with Crippen LogP contribution in [0.4, 0.5) is 5.00 Å². The second kappa shape index (κ2) is 8.05. The number of hydrogen-bond donors (Lipinski definition) is 2. The molecule has 2 aromatic heterocycles. The summed E-state index contributed by atoms with van der Waals surface area (Å²) in [5.74, 6) is -0.765. The third-order valence-corrected chi connectivity index (χ3v) is 6.45. The molecule has 25 heavy (non-hydrogen) atoms. The minimum absolute atomic E-state index is 0. The van der Waals surface area contributed by atoms with E-state index in [1.54, 1.807) is 12.1 Å². The molecule has 0 radical (unpaired) electrons. The van der Waals surface area contributed by atoms with Gasteiger partial charge in [-0.3, -0.25) is 14.5 Å². The van der Waals surface area contributed by atoms with Gasteiger partial charge in [-0.15, -0.1) is 35.1 Å². The number of nitrogens with one attached hydrogen (secondary N) is 1. The second-order valence-corrected chi connectivity index (χ2v) is 8.76. The summed E-state index contributed by atoms with van der Waals surface area (Å²) in [6.07, 6.45) is 0.767. The molecule has 1 aliphatic heterocycles. The molecule has 0 aliphatic carbocycles. The van der Waals surface area contributed by atoms with E-state index < -0.39 is 5.91 Å². The van der Waals surface area contributed by atoms with E-state index >= 15 is 0 Å². The lowest BCUT2D eigenvalue weighted by Gasteiger charge is -2.30. The number of thiophene rings is 2. The van der Waals surface area contributed by atoms with Crippen LogP contribution in [-0.2, 0) is 13.0 Å². The van der Waals surface area contributed by atoms with Crippen LogP contribution in [0.25, 0.3) is 0 Å². The monoisotopic (exact) mass is 419 g/mol. The summed E-state index contributed by atoms with van der Waals surface area (Å²) in [5, 5.41) is 3.37. The summed E-state index contributed by atoms with van der Waals surface area (Å²) >= 11 is 8.52. The van der Waals surface area contributed by atoms with Crippen molar-refractivity contribution in [3.8, 4) is 0 Å². The van der Waals surface area contributed by atoms with Crippen molar-refractivity contribution in [3.63, 3.8) is 0 Å². The Hall–Kier alpha value is -1.12.